The number of nitrogens with one attached hydrogen (secondary N) is 2. The van der Waals surface area contributed by atoms with E-state index in [1.165, 1.54) is 24.3 Å². The minimum atomic E-state index is -1.32. The van der Waals surface area contributed by atoms with Gasteiger partial charge in [-0.3, -0.25) is 29.8 Å². The molecule has 0 aromatic heterocycles. The van der Waals surface area contributed by atoms with Gasteiger partial charge in [0.15, 0.2) is 0 Å². The molecule has 2 N–H and O–H groups in total. The summed E-state index contributed by atoms with van der Waals surface area (Å²) in [6.45, 7) is 1.78. The Morgan fingerprint density at radius 2 is 1.72 bits per heavy atom. The lowest BCUT2D eigenvalue weighted by molar-refractivity contribution is -0.384. The van der Waals surface area contributed by atoms with Crippen molar-refractivity contribution in [1.82, 2.24) is 5.32 Å². The molecule has 2 aromatic rings. The van der Waals surface area contributed by atoms with E-state index in [0.29, 0.717) is 11.3 Å². The molecule has 0 radical (unpaired) electrons. The SMILES string of the molecule is CC1NC2(C(=O)Nc3ccccc32)C2C(=O)N(c3ccc([N+](=O)[O-])cc3)C(=O)C12. The van der Waals surface area contributed by atoms with Crippen LogP contribution in [0.3, 0.4) is 0 Å². The van der Waals surface area contributed by atoms with Crippen LogP contribution in [0, 0.1) is 22.0 Å². The molecule has 0 bridgehead atoms. The molecule has 9 heteroatoms. The number of fused-ring (bicyclic) bond motifs is 4. The number of para-hydroxylation sites is 1. The van der Waals surface area contributed by atoms with E-state index in [1.807, 2.05) is 0 Å². The van der Waals surface area contributed by atoms with Crippen LogP contribution in [-0.2, 0) is 19.9 Å². The maximum absolute atomic E-state index is 13.4. The number of benzene rings is 2. The Bertz CT molecular complexity index is 1100. The van der Waals surface area contributed by atoms with E-state index in [4.69, 9.17) is 0 Å². The van der Waals surface area contributed by atoms with Gasteiger partial charge in [-0.15, -0.1) is 0 Å². The van der Waals surface area contributed by atoms with Crippen LogP contribution < -0.4 is 15.5 Å². The average Bonchev–Trinajstić information content (AvgIpc) is 3.26. The Morgan fingerprint density at radius 3 is 2.41 bits per heavy atom. The van der Waals surface area contributed by atoms with Crippen molar-refractivity contribution >= 4 is 34.8 Å². The predicted octanol–water partition coefficient (Wildman–Crippen LogP) is 1.54. The van der Waals surface area contributed by atoms with E-state index in [9.17, 15) is 24.5 Å². The van der Waals surface area contributed by atoms with Crippen molar-refractivity contribution in [2.24, 2.45) is 11.8 Å². The third-order valence-electron chi connectivity index (χ3n) is 6.09. The van der Waals surface area contributed by atoms with Gasteiger partial charge in [-0.05, 0) is 25.1 Å². The topological polar surface area (TPSA) is 122 Å². The monoisotopic (exact) mass is 392 g/mol. The summed E-state index contributed by atoms with van der Waals surface area (Å²) in [5.74, 6) is -2.87. The molecule has 4 atom stereocenters. The van der Waals surface area contributed by atoms with Gasteiger partial charge in [0.05, 0.1) is 22.4 Å². The number of amides is 3. The Kier molecular flexibility index (Phi) is 3.45. The molecule has 29 heavy (non-hydrogen) atoms. The van der Waals surface area contributed by atoms with Gasteiger partial charge in [0.1, 0.15) is 5.54 Å². The van der Waals surface area contributed by atoms with Crippen LogP contribution in [0.2, 0.25) is 0 Å². The second kappa shape index (κ2) is 5.71. The van der Waals surface area contributed by atoms with Crippen LogP contribution in [0.15, 0.2) is 48.5 Å². The summed E-state index contributed by atoms with van der Waals surface area (Å²) < 4.78 is 0. The molecule has 2 aromatic carbocycles. The minimum absolute atomic E-state index is 0.136. The van der Waals surface area contributed by atoms with Gasteiger partial charge in [0.25, 0.3) is 5.69 Å². The lowest BCUT2D eigenvalue weighted by atomic mass is 9.76. The first-order valence-corrected chi connectivity index (χ1v) is 9.17. The Balaban J connectivity index is 1.61. The van der Waals surface area contributed by atoms with Crippen molar-refractivity contribution in [2.45, 2.75) is 18.5 Å². The van der Waals surface area contributed by atoms with Gasteiger partial charge in [-0.1, -0.05) is 18.2 Å². The number of hydrogen-bond acceptors (Lipinski definition) is 6. The molecule has 9 nitrogen and oxygen atoms in total. The summed E-state index contributed by atoms with van der Waals surface area (Å²) >= 11 is 0. The van der Waals surface area contributed by atoms with E-state index < -0.39 is 40.2 Å². The largest absolute Gasteiger partial charge is 0.324 e. The van der Waals surface area contributed by atoms with Crippen LogP contribution in [0.5, 0.6) is 0 Å². The van der Waals surface area contributed by atoms with Crippen molar-refractivity contribution in [3.8, 4) is 0 Å². The number of carbonyl (C=O) groups is 3. The van der Waals surface area contributed by atoms with Crippen molar-refractivity contribution in [2.75, 3.05) is 10.2 Å². The average molecular weight is 392 g/mol. The number of rotatable bonds is 2. The van der Waals surface area contributed by atoms with Crippen molar-refractivity contribution in [3.63, 3.8) is 0 Å². The summed E-state index contributed by atoms with van der Waals surface area (Å²) in [6, 6.07) is 12.0. The number of nitro groups is 1. The molecule has 3 aliphatic rings. The highest BCUT2D eigenvalue weighted by Crippen LogP contribution is 2.53. The van der Waals surface area contributed by atoms with E-state index in [-0.39, 0.29) is 17.3 Å². The molecular weight excluding hydrogens is 376 g/mol. The second-order valence-corrected chi connectivity index (χ2v) is 7.53. The quantitative estimate of drug-likeness (QED) is 0.454. The molecule has 3 heterocycles. The summed E-state index contributed by atoms with van der Waals surface area (Å²) in [5, 5.41) is 16.9. The maximum Gasteiger partial charge on any atom is 0.269 e. The van der Waals surface area contributed by atoms with E-state index >= 15 is 0 Å². The molecule has 1 spiro atoms. The van der Waals surface area contributed by atoms with Crippen molar-refractivity contribution < 1.29 is 19.3 Å². The maximum atomic E-state index is 13.4. The first-order valence-electron chi connectivity index (χ1n) is 9.17. The summed E-state index contributed by atoms with van der Waals surface area (Å²) in [7, 11) is 0. The van der Waals surface area contributed by atoms with E-state index in [0.717, 1.165) is 4.90 Å². The van der Waals surface area contributed by atoms with Gasteiger partial charge in [0, 0.05) is 29.4 Å². The fourth-order valence-corrected chi connectivity index (χ4v) is 4.90. The zero-order chi connectivity index (χ0) is 20.5. The van der Waals surface area contributed by atoms with Gasteiger partial charge >= 0.3 is 0 Å². The Hall–Kier alpha value is -3.59. The smallest absolute Gasteiger partial charge is 0.269 e. The third-order valence-corrected chi connectivity index (χ3v) is 6.09. The molecular formula is C20H16N4O5. The normalized spacial score (nSPS) is 29.9. The minimum Gasteiger partial charge on any atom is -0.324 e. The molecule has 4 unspecified atom stereocenters. The summed E-state index contributed by atoms with van der Waals surface area (Å²) in [5.41, 5.74) is 0.0729. The van der Waals surface area contributed by atoms with Gasteiger partial charge in [-0.25, -0.2) is 4.90 Å². The number of hydrogen-bond donors (Lipinski definition) is 2. The van der Waals surface area contributed by atoms with E-state index in [2.05, 4.69) is 10.6 Å². The van der Waals surface area contributed by atoms with Gasteiger partial charge < -0.3 is 5.32 Å². The zero-order valence-corrected chi connectivity index (χ0v) is 15.3. The number of anilines is 2. The number of nitrogens with zero attached hydrogens (tertiary/aromatic N) is 2. The first-order chi connectivity index (χ1) is 13.9. The second-order valence-electron chi connectivity index (χ2n) is 7.53. The van der Waals surface area contributed by atoms with Gasteiger partial charge in [-0.2, -0.15) is 0 Å². The fourth-order valence-electron chi connectivity index (χ4n) is 4.90. The van der Waals surface area contributed by atoms with Crippen LogP contribution in [0.1, 0.15) is 12.5 Å². The highest BCUT2D eigenvalue weighted by Gasteiger charge is 2.69. The lowest BCUT2D eigenvalue weighted by Crippen LogP contribution is -2.53. The third kappa shape index (κ3) is 2.10. The molecule has 2 fully saturated rings. The highest BCUT2D eigenvalue weighted by atomic mass is 16.6. The fraction of sp³-hybridized carbons (Fsp3) is 0.250. The molecule has 5 rings (SSSR count). The van der Waals surface area contributed by atoms with Crippen molar-refractivity contribution in [1.29, 1.82) is 0 Å². The molecule has 3 aliphatic heterocycles. The highest BCUT2D eigenvalue weighted by molar-refractivity contribution is 6.25. The number of imide groups is 1. The number of carbonyl (C=O) groups excluding carboxylic acids is 3. The Labute approximate surface area is 164 Å². The summed E-state index contributed by atoms with van der Waals surface area (Å²) in [4.78, 5) is 51.0. The first kappa shape index (κ1) is 17.5. The predicted molar refractivity (Wildman–Crippen MR) is 102 cm³/mol. The molecule has 2 saturated heterocycles. The zero-order valence-electron chi connectivity index (χ0n) is 15.3. The standard InChI is InChI=1S/C20H16N4O5/c1-10-15-16(20(22-10)13-4-2-3-5-14(13)21-19(20)27)18(26)23(17(15)25)11-6-8-12(9-7-11)24(28)29/h2-10,15-16,22H,1H3,(H,21,27). The molecule has 0 aliphatic carbocycles. The number of nitro benzene ring substituents is 1. The van der Waals surface area contributed by atoms with Crippen molar-refractivity contribution in [3.05, 3.63) is 64.2 Å². The van der Waals surface area contributed by atoms with Crippen LogP contribution in [-0.4, -0.2) is 28.7 Å². The molecule has 0 saturated carbocycles. The molecule has 146 valence electrons. The van der Waals surface area contributed by atoms with E-state index in [1.54, 1.807) is 31.2 Å². The lowest BCUT2D eigenvalue weighted by Gasteiger charge is -2.29. The molecule has 3 amide bonds. The Morgan fingerprint density at radius 1 is 1.03 bits per heavy atom. The van der Waals surface area contributed by atoms with Gasteiger partial charge in [0.2, 0.25) is 17.7 Å². The van der Waals surface area contributed by atoms with Crippen LogP contribution in [0.4, 0.5) is 17.1 Å². The van der Waals surface area contributed by atoms with Crippen LogP contribution >= 0.6 is 0 Å². The summed E-state index contributed by atoms with van der Waals surface area (Å²) in [6.07, 6.45) is 0. The number of non-ortho nitro benzene ring substituents is 1. The van der Waals surface area contributed by atoms with Crippen LogP contribution in [0.25, 0.3) is 0 Å².